The van der Waals surface area contributed by atoms with Gasteiger partial charge in [0.05, 0.1) is 0 Å². The summed E-state index contributed by atoms with van der Waals surface area (Å²) in [5.41, 5.74) is -0.583. The number of benzene rings is 1. The van der Waals surface area contributed by atoms with E-state index >= 15 is 0 Å². The summed E-state index contributed by atoms with van der Waals surface area (Å²) < 4.78 is 55.6. The molecule has 0 aliphatic heterocycles. The van der Waals surface area contributed by atoms with Crippen LogP contribution >= 0.6 is 11.6 Å². The first-order chi connectivity index (χ1) is 9.89. The van der Waals surface area contributed by atoms with Gasteiger partial charge in [0.1, 0.15) is 11.5 Å². The molecule has 1 aromatic carbocycles. The Kier molecular flexibility index (Phi) is 3.09. The fraction of sp³-hybridized carbons (Fsp3) is 0.0769. The molecule has 0 radical (unpaired) electrons. The summed E-state index contributed by atoms with van der Waals surface area (Å²) in [4.78, 5) is 7.05. The average Bonchev–Trinajstić information content (AvgIpc) is 2.81. The van der Waals surface area contributed by atoms with E-state index in [4.69, 9.17) is 11.6 Å². The number of hydrogen-bond acceptors (Lipinski definition) is 2. The molecule has 3 aromatic rings. The molecule has 0 aliphatic rings. The smallest absolute Gasteiger partial charge is 0.244 e. The van der Waals surface area contributed by atoms with E-state index in [2.05, 4.69) is 9.97 Å². The van der Waals surface area contributed by atoms with Crippen LogP contribution in [0.3, 0.4) is 0 Å². The van der Waals surface area contributed by atoms with Crippen LogP contribution in [0.5, 0.6) is 0 Å². The third-order valence-corrected chi connectivity index (χ3v) is 3.16. The van der Waals surface area contributed by atoms with E-state index in [9.17, 15) is 17.6 Å². The van der Waals surface area contributed by atoms with Gasteiger partial charge in [-0.2, -0.15) is 18.2 Å². The van der Waals surface area contributed by atoms with Gasteiger partial charge in [-0.1, -0.05) is 0 Å². The lowest BCUT2D eigenvalue weighted by molar-refractivity contribution is 0.0327. The summed E-state index contributed by atoms with van der Waals surface area (Å²) in [5, 5.41) is -0.473. The Morgan fingerprint density at radius 2 is 1.62 bits per heavy atom. The van der Waals surface area contributed by atoms with Crippen LogP contribution < -0.4 is 0 Å². The number of aromatic nitrogens is 3. The Morgan fingerprint density at radius 3 is 2.29 bits per heavy atom. The first-order valence-electron chi connectivity index (χ1n) is 5.74. The molecule has 0 aliphatic carbocycles. The molecule has 2 heterocycles. The lowest BCUT2D eigenvalue weighted by atomic mass is 10.1. The predicted molar refractivity (Wildman–Crippen MR) is 67.4 cm³/mol. The zero-order chi connectivity index (χ0) is 15.2. The van der Waals surface area contributed by atoms with E-state index < -0.39 is 34.4 Å². The molecule has 0 fully saturated rings. The van der Waals surface area contributed by atoms with Crippen LogP contribution in [-0.4, -0.2) is 14.4 Å². The highest BCUT2D eigenvalue weighted by molar-refractivity contribution is 6.28. The highest BCUT2D eigenvalue weighted by Gasteiger charge is 2.38. The number of alkyl halides is 2. The summed E-state index contributed by atoms with van der Waals surface area (Å²) in [6.45, 7) is 0. The van der Waals surface area contributed by atoms with E-state index in [1.54, 1.807) is 0 Å². The SMILES string of the molecule is Fc1ccc(C(F)(F)c2nc(Cl)n3c(F)ccc3n2)cc1. The molecule has 0 saturated heterocycles. The second-order valence-electron chi connectivity index (χ2n) is 4.25. The maximum atomic E-state index is 14.3. The zero-order valence-corrected chi connectivity index (χ0v) is 11.0. The minimum absolute atomic E-state index is 0.0933. The molecular weight excluding hydrogens is 310 g/mol. The molecular formula is C13H6ClF4N3. The van der Waals surface area contributed by atoms with E-state index in [0.717, 1.165) is 34.7 Å². The van der Waals surface area contributed by atoms with Crippen molar-refractivity contribution >= 4 is 17.2 Å². The highest BCUT2D eigenvalue weighted by atomic mass is 35.5. The van der Waals surface area contributed by atoms with Gasteiger partial charge in [0.2, 0.25) is 17.1 Å². The second-order valence-corrected chi connectivity index (χ2v) is 4.59. The summed E-state index contributed by atoms with van der Waals surface area (Å²) in [6.07, 6.45) is 0. The van der Waals surface area contributed by atoms with E-state index in [1.807, 2.05) is 0 Å². The minimum Gasteiger partial charge on any atom is -0.244 e. The maximum Gasteiger partial charge on any atom is 0.331 e. The van der Waals surface area contributed by atoms with Gasteiger partial charge in [-0.3, -0.25) is 0 Å². The molecule has 8 heteroatoms. The maximum absolute atomic E-state index is 14.3. The average molecular weight is 316 g/mol. The first-order valence-corrected chi connectivity index (χ1v) is 6.12. The van der Waals surface area contributed by atoms with Crippen LogP contribution in [-0.2, 0) is 5.92 Å². The van der Waals surface area contributed by atoms with Crippen molar-refractivity contribution in [3.63, 3.8) is 0 Å². The predicted octanol–water partition coefficient (Wildman–Crippen LogP) is 3.80. The third kappa shape index (κ3) is 2.23. The topological polar surface area (TPSA) is 30.2 Å². The number of fused-ring (bicyclic) bond motifs is 1. The first kappa shape index (κ1) is 13.8. The molecule has 0 atom stereocenters. The Bertz CT molecular complexity index is 814. The van der Waals surface area contributed by atoms with Crippen molar-refractivity contribution in [3.05, 3.63) is 64.8 Å². The van der Waals surface area contributed by atoms with Gasteiger partial charge in [0.25, 0.3) is 0 Å². The largest absolute Gasteiger partial charge is 0.331 e. The second kappa shape index (κ2) is 4.70. The monoisotopic (exact) mass is 315 g/mol. The molecule has 0 bridgehead atoms. The van der Waals surface area contributed by atoms with Gasteiger partial charge in [-0.25, -0.2) is 13.8 Å². The molecule has 0 unspecified atom stereocenters. The quantitative estimate of drug-likeness (QED) is 0.673. The molecule has 108 valence electrons. The molecule has 0 N–H and O–H groups in total. The molecule has 3 nitrogen and oxygen atoms in total. The molecule has 2 aromatic heterocycles. The Labute approximate surface area is 120 Å². The van der Waals surface area contributed by atoms with Crippen LogP contribution in [0.15, 0.2) is 36.4 Å². The van der Waals surface area contributed by atoms with E-state index in [-0.39, 0.29) is 5.65 Å². The molecule has 21 heavy (non-hydrogen) atoms. The summed E-state index contributed by atoms with van der Waals surface area (Å²) >= 11 is 5.71. The van der Waals surface area contributed by atoms with Gasteiger partial charge in [-0.05, 0) is 48.0 Å². The van der Waals surface area contributed by atoms with Crippen molar-refractivity contribution in [1.82, 2.24) is 14.4 Å². The van der Waals surface area contributed by atoms with Gasteiger partial charge in [0, 0.05) is 5.56 Å². The summed E-state index contributed by atoms with van der Waals surface area (Å²) in [6, 6.07) is 5.90. The fourth-order valence-electron chi connectivity index (χ4n) is 1.87. The van der Waals surface area contributed by atoms with Crippen LogP contribution in [0.2, 0.25) is 5.28 Å². The van der Waals surface area contributed by atoms with Gasteiger partial charge >= 0.3 is 5.92 Å². The van der Waals surface area contributed by atoms with Gasteiger partial charge < -0.3 is 0 Å². The lowest BCUT2D eigenvalue weighted by Gasteiger charge is -2.15. The molecule has 3 rings (SSSR count). The van der Waals surface area contributed by atoms with Crippen molar-refractivity contribution in [2.75, 3.05) is 0 Å². The molecule has 0 spiro atoms. The van der Waals surface area contributed by atoms with Crippen molar-refractivity contribution in [1.29, 1.82) is 0 Å². The molecule has 0 saturated carbocycles. The van der Waals surface area contributed by atoms with Crippen molar-refractivity contribution in [2.24, 2.45) is 0 Å². The standard InChI is InChI=1S/C13H6ClF4N3/c14-12-20-11(19-10-6-5-9(16)21(10)12)13(17,18)7-1-3-8(15)4-2-7/h1-6H. The van der Waals surface area contributed by atoms with Crippen molar-refractivity contribution < 1.29 is 17.6 Å². The Hall–Kier alpha value is -2.15. The van der Waals surface area contributed by atoms with E-state index in [0.29, 0.717) is 0 Å². The van der Waals surface area contributed by atoms with E-state index in [1.165, 1.54) is 6.07 Å². The van der Waals surface area contributed by atoms with Crippen molar-refractivity contribution in [3.8, 4) is 0 Å². The van der Waals surface area contributed by atoms with Crippen molar-refractivity contribution in [2.45, 2.75) is 5.92 Å². The number of nitrogens with zero attached hydrogens (tertiary/aromatic N) is 3. The fourth-order valence-corrected chi connectivity index (χ4v) is 2.12. The number of hydrogen-bond donors (Lipinski definition) is 0. The normalized spacial score (nSPS) is 12.0. The zero-order valence-electron chi connectivity index (χ0n) is 10.2. The number of rotatable bonds is 2. The third-order valence-electron chi connectivity index (χ3n) is 2.90. The van der Waals surface area contributed by atoms with Crippen LogP contribution in [0.4, 0.5) is 17.6 Å². The van der Waals surface area contributed by atoms with Crippen LogP contribution in [0, 0.1) is 11.8 Å². The van der Waals surface area contributed by atoms with Crippen LogP contribution in [0.25, 0.3) is 5.65 Å². The Morgan fingerprint density at radius 1 is 0.952 bits per heavy atom. The lowest BCUT2D eigenvalue weighted by Crippen LogP contribution is -2.20. The van der Waals surface area contributed by atoms with Crippen LogP contribution in [0.1, 0.15) is 11.4 Å². The summed E-state index contributed by atoms with van der Waals surface area (Å²) in [5.74, 6) is -5.87. The molecule has 0 amide bonds. The summed E-state index contributed by atoms with van der Waals surface area (Å²) in [7, 11) is 0. The van der Waals surface area contributed by atoms with Gasteiger partial charge in [0.15, 0.2) is 0 Å². The van der Waals surface area contributed by atoms with Gasteiger partial charge in [-0.15, -0.1) is 0 Å². The number of halogens is 5. The highest BCUT2D eigenvalue weighted by Crippen LogP contribution is 2.34. The Balaban J connectivity index is 2.16. The minimum atomic E-state index is -3.58.